The van der Waals surface area contributed by atoms with E-state index in [1.54, 1.807) is 24.3 Å². The Morgan fingerprint density at radius 1 is 1.00 bits per heavy atom. The summed E-state index contributed by atoms with van der Waals surface area (Å²) in [5, 5.41) is 3.00. The number of carbonyl (C=O) groups is 1. The molecular formula is C24H32N2O3S. The maximum atomic E-state index is 12.6. The molecule has 30 heavy (non-hydrogen) atoms. The number of benzene rings is 2. The minimum Gasteiger partial charge on any atom is -0.348 e. The summed E-state index contributed by atoms with van der Waals surface area (Å²) in [5.74, 6) is 1.25. The molecule has 162 valence electrons. The Hall–Kier alpha value is -2.18. The zero-order chi connectivity index (χ0) is 21.7. The number of hydrogen-bond acceptors (Lipinski definition) is 4. The fourth-order valence-corrected chi connectivity index (χ4v) is 5.18. The molecular weight excluding hydrogens is 396 g/mol. The average molecular weight is 429 g/mol. The van der Waals surface area contributed by atoms with Gasteiger partial charge in [0.05, 0.1) is 5.75 Å². The van der Waals surface area contributed by atoms with Crippen LogP contribution >= 0.6 is 0 Å². The summed E-state index contributed by atoms with van der Waals surface area (Å²) in [6, 6.07) is 15.0. The van der Waals surface area contributed by atoms with Crippen molar-refractivity contribution in [2.75, 3.05) is 19.3 Å². The Morgan fingerprint density at radius 2 is 1.60 bits per heavy atom. The smallest absolute Gasteiger partial charge is 0.251 e. The first kappa shape index (κ1) is 22.5. The first-order valence-corrected chi connectivity index (χ1v) is 12.6. The SMILES string of the molecule is C[C@H]1C[C@H](C)CN(Cc2ccccc2CNC(=O)c2ccc(CS(C)(=O)=O)cc2)C1. The molecule has 1 aliphatic rings. The number of amides is 1. The highest BCUT2D eigenvalue weighted by Gasteiger charge is 2.22. The van der Waals surface area contributed by atoms with Crippen LogP contribution in [-0.2, 0) is 28.7 Å². The lowest BCUT2D eigenvalue weighted by atomic mass is 9.91. The Labute approximate surface area is 180 Å². The fraction of sp³-hybridized carbons (Fsp3) is 0.458. The van der Waals surface area contributed by atoms with Gasteiger partial charge < -0.3 is 5.32 Å². The second-order valence-electron chi connectivity index (χ2n) is 8.86. The lowest BCUT2D eigenvalue weighted by molar-refractivity contribution is 0.0950. The van der Waals surface area contributed by atoms with Gasteiger partial charge in [-0.15, -0.1) is 0 Å². The number of nitrogens with zero attached hydrogens (tertiary/aromatic N) is 1. The molecule has 1 N–H and O–H groups in total. The molecule has 1 saturated heterocycles. The number of sulfone groups is 1. The molecule has 5 nitrogen and oxygen atoms in total. The molecule has 0 aliphatic carbocycles. The van der Waals surface area contributed by atoms with Gasteiger partial charge >= 0.3 is 0 Å². The second kappa shape index (κ2) is 9.75. The van der Waals surface area contributed by atoms with Crippen molar-refractivity contribution in [3.8, 4) is 0 Å². The predicted octanol–water partition coefficient (Wildman–Crippen LogP) is 3.64. The van der Waals surface area contributed by atoms with Gasteiger partial charge in [0, 0.05) is 38.0 Å². The van der Waals surface area contributed by atoms with Crippen LogP contribution < -0.4 is 5.32 Å². The molecule has 1 amide bonds. The van der Waals surface area contributed by atoms with E-state index in [1.807, 2.05) is 6.07 Å². The van der Waals surface area contributed by atoms with E-state index in [9.17, 15) is 13.2 Å². The molecule has 1 aliphatic heterocycles. The maximum absolute atomic E-state index is 12.6. The van der Waals surface area contributed by atoms with Crippen LogP contribution in [0.3, 0.4) is 0 Å². The van der Waals surface area contributed by atoms with E-state index in [0.717, 1.165) is 25.2 Å². The van der Waals surface area contributed by atoms with Crippen molar-refractivity contribution < 1.29 is 13.2 Å². The van der Waals surface area contributed by atoms with Crippen LogP contribution in [0.2, 0.25) is 0 Å². The summed E-state index contributed by atoms with van der Waals surface area (Å²) in [7, 11) is -3.09. The Kier molecular flexibility index (Phi) is 7.32. The standard InChI is InChI=1S/C24H32N2O3S/c1-18-12-19(2)15-26(14-18)16-23-7-5-4-6-22(23)13-25-24(27)21-10-8-20(9-11-21)17-30(3,28)29/h4-11,18-19H,12-17H2,1-3H3,(H,25,27)/t18-,19-/m0/s1. The Morgan fingerprint density at radius 3 is 2.20 bits per heavy atom. The summed E-state index contributed by atoms with van der Waals surface area (Å²) in [6.45, 7) is 8.24. The van der Waals surface area contributed by atoms with Crippen LogP contribution in [0.25, 0.3) is 0 Å². The zero-order valence-corrected chi connectivity index (χ0v) is 18.9. The van der Waals surface area contributed by atoms with Gasteiger partial charge in [-0.1, -0.05) is 50.2 Å². The van der Waals surface area contributed by atoms with Crippen LogP contribution in [0.1, 0.15) is 47.3 Å². The third-order valence-corrected chi connectivity index (χ3v) is 6.40. The summed E-state index contributed by atoms with van der Waals surface area (Å²) in [5.41, 5.74) is 3.60. The van der Waals surface area contributed by atoms with E-state index < -0.39 is 9.84 Å². The molecule has 0 bridgehead atoms. The Bertz CT molecular complexity index is 960. The third-order valence-electron chi connectivity index (χ3n) is 5.54. The van der Waals surface area contributed by atoms with Gasteiger partial charge in [0.1, 0.15) is 0 Å². The summed E-state index contributed by atoms with van der Waals surface area (Å²) in [6.07, 6.45) is 2.49. The van der Waals surface area contributed by atoms with Gasteiger partial charge in [0.15, 0.2) is 9.84 Å². The van der Waals surface area contributed by atoms with E-state index in [-0.39, 0.29) is 11.7 Å². The average Bonchev–Trinajstić information content (AvgIpc) is 2.65. The van der Waals surface area contributed by atoms with Gasteiger partial charge in [-0.3, -0.25) is 9.69 Å². The molecule has 0 saturated carbocycles. The Balaban J connectivity index is 1.61. The minimum absolute atomic E-state index is 0.0178. The molecule has 0 aromatic heterocycles. The molecule has 0 radical (unpaired) electrons. The number of piperidine rings is 1. The van der Waals surface area contributed by atoms with E-state index in [0.29, 0.717) is 29.5 Å². The minimum atomic E-state index is -3.09. The largest absolute Gasteiger partial charge is 0.348 e. The molecule has 2 aromatic rings. The van der Waals surface area contributed by atoms with Crippen molar-refractivity contribution >= 4 is 15.7 Å². The highest BCUT2D eigenvalue weighted by molar-refractivity contribution is 7.89. The molecule has 0 unspecified atom stereocenters. The highest BCUT2D eigenvalue weighted by atomic mass is 32.2. The van der Waals surface area contributed by atoms with E-state index in [1.165, 1.54) is 18.2 Å². The molecule has 2 aromatic carbocycles. The summed E-state index contributed by atoms with van der Waals surface area (Å²) >= 11 is 0. The van der Waals surface area contributed by atoms with Gasteiger partial charge in [0.2, 0.25) is 0 Å². The number of carbonyl (C=O) groups excluding carboxylic acids is 1. The normalized spacial score (nSPS) is 20.1. The van der Waals surface area contributed by atoms with Crippen LogP contribution in [0.15, 0.2) is 48.5 Å². The van der Waals surface area contributed by atoms with Gasteiger partial charge in [-0.05, 0) is 47.1 Å². The van der Waals surface area contributed by atoms with Gasteiger partial charge in [-0.25, -0.2) is 8.42 Å². The van der Waals surface area contributed by atoms with E-state index in [2.05, 4.69) is 42.3 Å². The molecule has 1 heterocycles. The molecule has 3 rings (SSSR count). The summed E-state index contributed by atoms with van der Waals surface area (Å²) in [4.78, 5) is 15.1. The number of rotatable bonds is 7. The number of likely N-dealkylation sites (tertiary alicyclic amines) is 1. The molecule has 6 heteroatoms. The zero-order valence-electron chi connectivity index (χ0n) is 18.1. The molecule has 1 fully saturated rings. The van der Waals surface area contributed by atoms with Crippen molar-refractivity contribution in [1.82, 2.24) is 10.2 Å². The van der Waals surface area contributed by atoms with Crippen molar-refractivity contribution in [3.05, 3.63) is 70.8 Å². The van der Waals surface area contributed by atoms with Gasteiger partial charge in [-0.2, -0.15) is 0 Å². The van der Waals surface area contributed by atoms with Crippen LogP contribution in [-0.4, -0.2) is 38.6 Å². The van der Waals surface area contributed by atoms with Crippen LogP contribution in [0.4, 0.5) is 0 Å². The number of nitrogens with one attached hydrogen (secondary N) is 1. The van der Waals surface area contributed by atoms with E-state index >= 15 is 0 Å². The highest BCUT2D eigenvalue weighted by Crippen LogP contribution is 2.23. The first-order chi connectivity index (χ1) is 14.2. The maximum Gasteiger partial charge on any atom is 0.251 e. The third kappa shape index (κ3) is 6.67. The lowest BCUT2D eigenvalue weighted by Gasteiger charge is -2.35. The summed E-state index contributed by atoms with van der Waals surface area (Å²) < 4.78 is 22.8. The van der Waals surface area contributed by atoms with Crippen LogP contribution in [0.5, 0.6) is 0 Å². The van der Waals surface area contributed by atoms with Crippen LogP contribution in [0, 0.1) is 11.8 Å². The lowest BCUT2D eigenvalue weighted by Crippen LogP contribution is -2.38. The molecule has 0 spiro atoms. The second-order valence-corrected chi connectivity index (χ2v) is 11.0. The number of hydrogen-bond donors (Lipinski definition) is 1. The van der Waals surface area contributed by atoms with Gasteiger partial charge in [0.25, 0.3) is 5.91 Å². The predicted molar refractivity (Wildman–Crippen MR) is 121 cm³/mol. The van der Waals surface area contributed by atoms with Crippen molar-refractivity contribution in [3.63, 3.8) is 0 Å². The monoisotopic (exact) mass is 428 g/mol. The van der Waals surface area contributed by atoms with E-state index in [4.69, 9.17) is 0 Å². The first-order valence-electron chi connectivity index (χ1n) is 10.5. The van der Waals surface area contributed by atoms with Crippen molar-refractivity contribution in [2.45, 2.75) is 39.1 Å². The fourth-order valence-electron chi connectivity index (χ4n) is 4.38. The van der Waals surface area contributed by atoms with Crippen molar-refractivity contribution in [2.24, 2.45) is 11.8 Å². The molecule has 2 atom stereocenters. The van der Waals surface area contributed by atoms with Crippen molar-refractivity contribution in [1.29, 1.82) is 0 Å². The topological polar surface area (TPSA) is 66.5 Å². The quantitative estimate of drug-likeness (QED) is 0.731.